The van der Waals surface area contributed by atoms with Crippen molar-refractivity contribution < 1.29 is 27.1 Å². The zero-order valence-corrected chi connectivity index (χ0v) is 9.05. The summed E-state index contributed by atoms with van der Waals surface area (Å²) in [4.78, 5) is 11.1. The first kappa shape index (κ1) is 14.2. The third-order valence-corrected chi connectivity index (χ3v) is 1.77. The minimum absolute atomic E-state index is 0.166. The normalized spacial score (nSPS) is 11.3. The van der Waals surface area contributed by atoms with Crippen LogP contribution in [0.2, 0.25) is 0 Å². The maximum Gasteiger partial charge on any atom is 0.411 e. The molecule has 0 aromatic heterocycles. The SMILES string of the molecule is Nc1ccc(NC(=O)COCC(F)(F)F)c(F)c1. The number of amides is 1. The Morgan fingerprint density at radius 2 is 2.06 bits per heavy atom. The second-order valence-electron chi connectivity index (χ2n) is 3.40. The Bertz CT molecular complexity index is 434. The average Bonchev–Trinajstić information content (AvgIpc) is 2.20. The van der Waals surface area contributed by atoms with Crippen molar-refractivity contribution in [3.05, 3.63) is 24.0 Å². The standard InChI is InChI=1S/C10H10F4N2O2/c11-7-3-6(15)1-2-8(7)16-9(17)4-18-5-10(12,13)14/h1-3H,4-5,15H2,(H,16,17). The predicted molar refractivity (Wildman–Crippen MR) is 56.3 cm³/mol. The molecular formula is C10H10F4N2O2. The van der Waals surface area contributed by atoms with E-state index in [0.29, 0.717) is 0 Å². The number of carbonyl (C=O) groups excluding carboxylic acids is 1. The summed E-state index contributed by atoms with van der Waals surface area (Å²) in [5.41, 5.74) is 5.27. The first-order valence-corrected chi connectivity index (χ1v) is 4.77. The van der Waals surface area contributed by atoms with Crippen LogP contribution >= 0.6 is 0 Å². The highest BCUT2D eigenvalue weighted by Crippen LogP contribution is 2.17. The highest BCUT2D eigenvalue weighted by molar-refractivity contribution is 5.91. The van der Waals surface area contributed by atoms with Gasteiger partial charge in [-0.3, -0.25) is 4.79 Å². The molecule has 0 spiro atoms. The second-order valence-corrected chi connectivity index (χ2v) is 3.40. The highest BCUT2D eigenvalue weighted by atomic mass is 19.4. The fourth-order valence-corrected chi connectivity index (χ4v) is 1.08. The lowest BCUT2D eigenvalue weighted by Crippen LogP contribution is -2.24. The van der Waals surface area contributed by atoms with Crippen LogP contribution in [0, 0.1) is 5.82 Å². The van der Waals surface area contributed by atoms with E-state index < -0.39 is 31.1 Å². The fourth-order valence-electron chi connectivity index (χ4n) is 1.08. The highest BCUT2D eigenvalue weighted by Gasteiger charge is 2.27. The van der Waals surface area contributed by atoms with Crippen LogP contribution in [0.5, 0.6) is 0 Å². The molecule has 1 aromatic rings. The average molecular weight is 266 g/mol. The monoisotopic (exact) mass is 266 g/mol. The van der Waals surface area contributed by atoms with Gasteiger partial charge in [0.25, 0.3) is 0 Å². The van der Waals surface area contributed by atoms with Crippen molar-refractivity contribution in [2.75, 3.05) is 24.3 Å². The van der Waals surface area contributed by atoms with Gasteiger partial charge in [-0.15, -0.1) is 0 Å². The number of halogens is 4. The van der Waals surface area contributed by atoms with Crippen molar-refractivity contribution in [3.63, 3.8) is 0 Å². The first-order valence-electron chi connectivity index (χ1n) is 4.77. The number of hydrogen-bond donors (Lipinski definition) is 2. The van der Waals surface area contributed by atoms with Gasteiger partial charge in [0, 0.05) is 5.69 Å². The van der Waals surface area contributed by atoms with Gasteiger partial charge in [-0.1, -0.05) is 0 Å². The Hall–Kier alpha value is -1.83. The second kappa shape index (κ2) is 5.67. The van der Waals surface area contributed by atoms with Crippen molar-refractivity contribution >= 4 is 17.3 Å². The summed E-state index contributed by atoms with van der Waals surface area (Å²) >= 11 is 0. The Kier molecular flexibility index (Phi) is 4.49. The number of benzene rings is 1. The Balaban J connectivity index is 2.45. The zero-order valence-electron chi connectivity index (χ0n) is 9.05. The number of carbonyl (C=O) groups is 1. The van der Waals surface area contributed by atoms with Crippen LogP contribution in [-0.2, 0) is 9.53 Å². The van der Waals surface area contributed by atoms with E-state index in [4.69, 9.17) is 5.73 Å². The lowest BCUT2D eigenvalue weighted by atomic mass is 10.2. The van der Waals surface area contributed by atoms with Crippen LogP contribution in [0.3, 0.4) is 0 Å². The molecule has 3 N–H and O–H groups in total. The molecule has 0 aliphatic heterocycles. The van der Waals surface area contributed by atoms with Crippen LogP contribution in [0.4, 0.5) is 28.9 Å². The topological polar surface area (TPSA) is 64.3 Å². The molecule has 0 saturated carbocycles. The summed E-state index contributed by atoms with van der Waals surface area (Å²) in [6.45, 7) is -2.35. The van der Waals surface area contributed by atoms with E-state index in [1.807, 2.05) is 0 Å². The quantitative estimate of drug-likeness (QED) is 0.646. The number of alkyl halides is 3. The molecule has 0 radical (unpaired) electrons. The molecule has 0 atom stereocenters. The van der Waals surface area contributed by atoms with Gasteiger partial charge in [0.05, 0.1) is 5.69 Å². The van der Waals surface area contributed by atoms with E-state index in [9.17, 15) is 22.4 Å². The number of hydrogen-bond acceptors (Lipinski definition) is 3. The zero-order chi connectivity index (χ0) is 13.8. The number of anilines is 2. The Labute approximate surface area is 99.7 Å². The smallest absolute Gasteiger partial charge is 0.399 e. The molecule has 1 rings (SSSR count). The number of ether oxygens (including phenoxy) is 1. The van der Waals surface area contributed by atoms with E-state index in [1.165, 1.54) is 12.1 Å². The van der Waals surface area contributed by atoms with Gasteiger partial charge in [0.15, 0.2) is 0 Å². The third kappa shape index (κ3) is 5.00. The van der Waals surface area contributed by atoms with Crippen molar-refractivity contribution in [1.82, 2.24) is 0 Å². The van der Waals surface area contributed by atoms with Crippen LogP contribution in [0.1, 0.15) is 0 Å². The van der Waals surface area contributed by atoms with E-state index in [2.05, 4.69) is 10.1 Å². The van der Waals surface area contributed by atoms with Crippen molar-refractivity contribution in [3.8, 4) is 0 Å². The van der Waals surface area contributed by atoms with Crippen LogP contribution in [0.25, 0.3) is 0 Å². The van der Waals surface area contributed by atoms with E-state index in [1.54, 1.807) is 0 Å². The lowest BCUT2D eigenvalue weighted by molar-refractivity contribution is -0.174. The summed E-state index contributed by atoms with van der Waals surface area (Å²) in [5, 5.41) is 2.06. The molecule has 8 heteroatoms. The van der Waals surface area contributed by atoms with E-state index in [0.717, 1.165) is 6.07 Å². The van der Waals surface area contributed by atoms with Crippen molar-refractivity contribution in [2.24, 2.45) is 0 Å². The van der Waals surface area contributed by atoms with Gasteiger partial charge in [-0.05, 0) is 18.2 Å². The van der Waals surface area contributed by atoms with Gasteiger partial charge >= 0.3 is 6.18 Å². The minimum Gasteiger partial charge on any atom is -0.399 e. The predicted octanol–water partition coefficient (Wildman–Crippen LogP) is 1.93. The minimum atomic E-state index is -4.51. The summed E-state index contributed by atoms with van der Waals surface area (Å²) in [5.74, 6) is -1.66. The van der Waals surface area contributed by atoms with Gasteiger partial charge < -0.3 is 15.8 Å². The molecule has 0 aliphatic rings. The number of nitrogen functional groups attached to an aromatic ring is 1. The number of nitrogens with two attached hydrogens (primary N) is 1. The fraction of sp³-hybridized carbons (Fsp3) is 0.300. The summed E-state index contributed by atoms with van der Waals surface area (Å²) in [6.07, 6.45) is -4.51. The van der Waals surface area contributed by atoms with Crippen molar-refractivity contribution in [2.45, 2.75) is 6.18 Å². The molecule has 0 unspecified atom stereocenters. The van der Waals surface area contributed by atoms with E-state index >= 15 is 0 Å². The molecular weight excluding hydrogens is 256 g/mol. The van der Waals surface area contributed by atoms with Gasteiger partial charge in [-0.25, -0.2) is 4.39 Å². The lowest BCUT2D eigenvalue weighted by Gasteiger charge is -2.09. The molecule has 18 heavy (non-hydrogen) atoms. The summed E-state index contributed by atoms with van der Waals surface area (Å²) in [6, 6.07) is 3.52. The molecule has 0 heterocycles. The maximum atomic E-state index is 13.2. The molecule has 0 bridgehead atoms. The van der Waals surface area contributed by atoms with Gasteiger partial charge in [-0.2, -0.15) is 13.2 Å². The molecule has 4 nitrogen and oxygen atoms in total. The van der Waals surface area contributed by atoms with Gasteiger partial charge in [0.1, 0.15) is 19.0 Å². The Morgan fingerprint density at radius 1 is 1.39 bits per heavy atom. The summed E-state index contributed by atoms with van der Waals surface area (Å²) < 4.78 is 52.5. The van der Waals surface area contributed by atoms with E-state index in [-0.39, 0.29) is 11.4 Å². The van der Waals surface area contributed by atoms with Crippen LogP contribution in [0.15, 0.2) is 18.2 Å². The summed E-state index contributed by atoms with van der Waals surface area (Å²) in [7, 11) is 0. The number of rotatable bonds is 4. The molecule has 0 fully saturated rings. The van der Waals surface area contributed by atoms with Crippen LogP contribution < -0.4 is 11.1 Å². The Morgan fingerprint density at radius 3 is 2.61 bits per heavy atom. The van der Waals surface area contributed by atoms with Crippen molar-refractivity contribution in [1.29, 1.82) is 0 Å². The largest absolute Gasteiger partial charge is 0.411 e. The molecule has 1 amide bonds. The van der Waals surface area contributed by atoms with Gasteiger partial charge in [0.2, 0.25) is 5.91 Å². The molecule has 0 saturated heterocycles. The van der Waals surface area contributed by atoms with Crippen LogP contribution in [-0.4, -0.2) is 25.3 Å². The molecule has 100 valence electrons. The number of nitrogens with one attached hydrogen (secondary N) is 1. The first-order chi connectivity index (χ1) is 8.28. The third-order valence-electron chi connectivity index (χ3n) is 1.77. The maximum absolute atomic E-state index is 13.2. The molecule has 0 aliphatic carbocycles. The molecule has 1 aromatic carbocycles.